The number of esters is 1. The van der Waals surface area contributed by atoms with Crippen LogP contribution in [-0.4, -0.2) is 11.8 Å². The second-order valence-corrected chi connectivity index (χ2v) is 9.71. The maximum absolute atomic E-state index is 12.4. The molecule has 0 radical (unpaired) electrons. The van der Waals surface area contributed by atoms with Crippen LogP contribution in [0.25, 0.3) is 0 Å². The molecule has 2 unspecified atom stereocenters. The molecule has 29 heavy (non-hydrogen) atoms. The summed E-state index contributed by atoms with van der Waals surface area (Å²) in [4.78, 5) is 24.8. The summed E-state index contributed by atoms with van der Waals surface area (Å²) in [5.74, 6) is -0.841. The third-order valence-electron chi connectivity index (χ3n) is 6.82. The summed E-state index contributed by atoms with van der Waals surface area (Å²) in [6, 6.07) is 13.0. The minimum atomic E-state index is -0.811. The SMILES string of the molecule is Cc1cc2c(cc1C(C)OC(=O)C(=O)c1ccccc1)C(C)(C)CC(C)C2(C)C. The minimum Gasteiger partial charge on any atom is -0.452 e. The van der Waals surface area contributed by atoms with Gasteiger partial charge in [-0.25, -0.2) is 4.79 Å². The van der Waals surface area contributed by atoms with Gasteiger partial charge in [-0.15, -0.1) is 0 Å². The normalized spacial score (nSPS) is 20.4. The van der Waals surface area contributed by atoms with Crippen LogP contribution in [0.5, 0.6) is 0 Å². The van der Waals surface area contributed by atoms with E-state index in [4.69, 9.17) is 4.74 Å². The maximum atomic E-state index is 12.4. The topological polar surface area (TPSA) is 43.4 Å². The van der Waals surface area contributed by atoms with E-state index in [-0.39, 0.29) is 10.8 Å². The number of benzene rings is 2. The average Bonchev–Trinajstić information content (AvgIpc) is 2.66. The van der Waals surface area contributed by atoms with Crippen LogP contribution in [0.1, 0.15) is 86.7 Å². The van der Waals surface area contributed by atoms with Crippen molar-refractivity contribution < 1.29 is 14.3 Å². The number of hydrogen-bond acceptors (Lipinski definition) is 3. The summed E-state index contributed by atoms with van der Waals surface area (Å²) in [5, 5.41) is 0. The van der Waals surface area contributed by atoms with E-state index < -0.39 is 17.9 Å². The predicted octanol–water partition coefficient (Wildman–Crippen LogP) is 6.08. The predicted molar refractivity (Wildman–Crippen MR) is 116 cm³/mol. The molecule has 0 N–H and O–H groups in total. The number of aryl methyl sites for hydroxylation is 1. The fourth-order valence-corrected chi connectivity index (χ4v) is 4.64. The number of carbonyl (C=O) groups excluding carboxylic acids is 2. The average molecular weight is 393 g/mol. The fraction of sp³-hybridized carbons (Fsp3) is 0.462. The lowest BCUT2D eigenvalue weighted by Gasteiger charge is -2.47. The molecule has 1 aliphatic carbocycles. The van der Waals surface area contributed by atoms with Crippen LogP contribution < -0.4 is 0 Å². The van der Waals surface area contributed by atoms with Crippen LogP contribution in [0.15, 0.2) is 42.5 Å². The molecule has 154 valence electrons. The first-order chi connectivity index (χ1) is 13.4. The molecule has 0 bridgehead atoms. The number of rotatable bonds is 4. The Balaban J connectivity index is 1.92. The summed E-state index contributed by atoms with van der Waals surface area (Å²) in [5.41, 5.74) is 5.25. The Morgan fingerprint density at radius 1 is 1.03 bits per heavy atom. The van der Waals surface area contributed by atoms with Gasteiger partial charge in [-0.2, -0.15) is 0 Å². The van der Waals surface area contributed by atoms with Crippen LogP contribution in [0, 0.1) is 12.8 Å². The van der Waals surface area contributed by atoms with Gasteiger partial charge in [0.2, 0.25) is 0 Å². The van der Waals surface area contributed by atoms with Crippen molar-refractivity contribution in [2.24, 2.45) is 5.92 Å². The van der Waals surface area contributed by atoms with E-state index in [0.717, 1.165) is 17.5 Å². The molecule has 3 nitrogen and oxygen atoms in total. The molecular weight excluding hydrogens is 360 g/mol. The molecule has 0 heterocycles. The molecule has 2 atom stereocenters. The highest BCUT2D eigenvalue weighted by molar-refractivity contribution is 6.40. The van der Waals surface area contributed by atoms with Crippen LogP contribution >= 0.6 is 0 Å². The van der Waals surface area contributed by atoms with Crippen molar-refractivity contribution in [3.05, 3.63) is 70.3 Å². The van der Waals surface area contributed by atoms with Gasteiger partial charge in [0.25, 0.3) is 5.78 Å². The van der Waals surface area contributed by atoms with Gasteiger partial charge in [0.1, 0.15) is 6.10 Å². The fourth-order valence-electron chi connectivity index (χ4n) is 4.64. The smallest absolute Gasteiger partial charge is 0.380 e. The van der Waals surface area contributed by atoms with Crippen molar-refractivity contribution in [1.29, 1.82) is 0 Å². The first-order valence-corrected chi connectivity index (χ1v) is 10.4. The highest BCUT2D eigenvalue weighted by atomic mass is 16.5. The van der Waals surface area contributed by atoms with Crippen LogP contribution in [-0.2, 0) is 20.4 Å². The lowest BCUT2D eigenvalue weighted by atomic mass is 9.58. The van der Waals surface area contributed by atoms with Gasteiger partial charge in [-0.1, -0.05) is 77.1 Å². The minimum absolute atomic E-state index is 0.0519. The molecule has 0 aliphatic heterocycles. The second kappa shape index (κ2) is 7.44. The van der Waals surface area contributed by atoms with Gasteiger partial charge >= 0.3 is 5.97 Å². The monoisotopic (exact) mass is 392 g/mol. The van der Waals surface area contributed by atoms with Crippen molar-refractivity contribution in [3.63, 3.8) is 0 Å². The third-order valence-corrected chi connectivity index (χ3v) is 6.82. The molecule has 0 fully saturated rings. The Morgan fingerprint density at radius 3 is 2.28 bits per heavy atom. The zero-order chi connectivity index (χ0) is 21.6. The van der Waals surface area contributed by atoms with Gasteiger partial charge in [0.05, 0.1) is 0 Å². The van der Waals surface area contributed by atoms with Gasteiger partial charge in [0.15, 0.2) is 0 Å². The number of fused-ring (bicyclic) bond motifs is 1. The Labute approximate surface area is 174 Å². The number of ketones is 1. The molecule has 0 saturated carbocycles. The highest BCUT2D eigenvalue weighted by Gasteiger charge is 2.42. The van der Waals surface area contributed by atoms with Gasteiger partial charge in [-0.3, -0.25) is 4.79 Å². The number of ether oxygens (including phenoxy) is 1. The molecule has 0 amide bonds. The third kappa shape index (κ3) is 3.88. The molecule has 0 saturated heterocycles. The summed E-state index contributed by atoms with van der Waals surface area (Å²) in [6.07, 6.45) is 0.620. The van der Waals surface area contributed by atoms with Crippen LogP contribution in [0.2, 0.25) is 0 Å². The molecule has 0 spiro atoms. The molecule has 2 aromatic carbocycles. The van der Waals surface area contributed by atoms with Gasteiger partial charge in [-0.05, 0) is 59.3 Å². The molecular formula is C26H32O3. The van der Waals surface area contributed by atoms with Crippen molar-refractivity contribution in [3.8, 4) is 0 Å². The van der Waals surface area contributed by atoms with Crippen molar-refractivity contribution in [2.45, 2.75) is 71.8 Å². The van der Waals surface area contributed by atoms with E-state index in [0.29, 0.717) is 11.5 Å². The standard InChI is InChI=1S/C26H32O3/c1-16-13-22-21(25(4,5)15-17(2)26(22,6)7)14-20(16)18(3)29-24(28)23(27)19-11-9-8-10-12-19/h8-14,17-18H,15H2,1-7H3. The lowest BCUT2D eigenvalue weighted by Crippen LogP contribution is -2.40. The summed E-state index contributed by atoms with van der Waals surface area (Å²) in [7, 11) is 0. The van der Waals surface area contributed by atoms with Crippen LogP contribution in [0.4, 0.5) is 0 Å². The van der Waals surface area contributed by atoms with E-state index in [1.807, 2.05) is 13.0 Å². The van der Waals surface area contributed by atoms with Crippen LogP contribution in [0.3, 0.4) is 0 Å². The summed E-state index contributed by atoms with van der Waals surface area (Å²) >= 11 is 0. The zero-order valence-electron chi connectivity index (χ0n) is 18.6. The largest absolute Gasteiger partial charge is 0.452 e. The molecule has 3 heteroatoms. The van der Waals surface area contributed by atoms with E-state index >= 15 is 0 Å². The first-order valence-electron chi connectivity index (χ1n) is 10.4. The zero-order valence-corrected chi connectivity index (χ0v) is 18.6. The van der Waals surface area contributed by atoms with Crippen molar-refractivity contribution >= 4 is 11.8 Å². The Hall–Kier alpha value is -2.42. The second-order valence-electron chi connectivity index (χ2n) is 9.71. The molecule has 3 rings (SSSR count). The van der Waals surface area contributed by atoms with Gasteiger partial charge < -0.3 is 4.74 Å². The molecule has 1 aliphatic rings. The Morgan fingerprint density at radius 2 is 1.66 bits per heavy atom. The van der Waals surface area contributed by atoms with E-state index in [1.165, 1.54) is 11.1 Å². The molecule has 2 aromatic rings. The number of hydrogen-bond donors (Lipinski definition) is 0. The summed E-state index contributed by atoms with van der Waals surface area (Å²) < 4.78 is 5.58. The molecule has 0 aromatic heterocycles. The van der Waals surface area contributed by atoms with Crippen molar-refractivity contribution in [1.82, 2.24) is 0 Å². The number of Topliss-reactive ketones (excluding diaryl/α,β-unsaturated/α-hetero) is 1. The Kier molecular flexibility index (Phi) is 5.46. The summed E-state index contributed by atoms with van der Waals surface area (Å²) in [6.45, 7) is 15.4. The Bertz CT molecular complexity index is 938. The van der Waals surface area contributed by atoms with E-state index in [2.05, 4.69) is 53.7 Å². The maximum Gasteiger partial charge on any atom is 0.380 e. The van der Waals surface area contributed by atoms with E-state index in [1.54, 1.807) is 24.3 Å². The number of carbonyl (C=O) groups is 2. The highest BCUT2D eigenvalue weighted by Crippen LogP contribution is 2.50. The quantitative estimate of drug-likeness (QED) is 0.360. The van der Waals surface area contributed by atoms with Gasteiger partial charge in [0, 0.05) is 5.56 Å². The lowest BCUT2D eigenvalue weighted by molar-refractivity contribution is -0.142. The van der Waals surface area contributed by atoms with Crippen molar-refractivity contribution in [2.75, 3.05) is 0 Å². The first kappa shape index (κ1) is 21.3. The van der Waals surface area contributed by atoms with E-state index in [9.17, 15) is 9.59 Å².